The Kier molecular flexibility index (Phi) is 3.90. The first-order chi connectivity index (χ1) is 10.2. The van der Waals surface area contributed by atoms with Gasteiger partial charge in [0.05, 0.1) is 12.8 Å². The number of methoxy groups -OCH3 is 1. The van der Waals surface area contributed by atoms with E-state index in [1.807, 2.05) is 23.1 Å². The SMILES string of the molecule is COc1ccc(N)cc1N1CCN(C(=O)C2CCC2)CC1. The number of benzene rings is 1. The number of nitrogen functional groups attached to an aromatic ring is 1. The van der Waals surface area contributed by atoms with Crippen molar-refractivity contribution >= 4 is 17.3 Å². The van der Waals surface area contributed by atoms with Crippen LogP contribution in [0, 0.1) is 5.92 Å². The van der Waals surface area contributed by atoms with Gasteiger partial charge in [0.1, 0.15) is 5.75 Å². The number of rotatable bonds is 3. The zero-order valence-electron chi connectivity index (χ0n) is 12.5. The van der Waals surface area contributed by atoms with Crippen LogP contribution in [0.15, 0.2) is 18.2 Å². The summed E-state index contributed by atoms with van der Waals surface area (Å²) in [4.78, 5) is 16.5. The highest BCUT2D eigenvalue weighted by atomic mass is 16.5. The Labute approximate surface area is 125 Å². The number of carbonyl (C=O) groups is 1. The molecule has 114 valence electrons. The van der Waals surface area contributed by atoms with E-state index in [4.69, 9.17) is 10.5 Å². The number of nitrogens with zero attached hydrogens (tertiary/aromatic N) is 2. The molecule has 21 heavy (non-hydrogen) atoms. The largest absolute Gasteiger partial charge is 0.495 e. The molecule has 1 saturated carbocycles. The molecule has 1 aromatic rings. The normalized spacial score (nSPS) is 19.3. The number of hydrogen-bond acceptors (Lipinski definition) is 4. The minimum absolute atomic E-state index is 0.290. The summed E-state index contributed by atoms with van der Waals surface area (Å²) in [5, 5.41) is 0. The van der Waals surface area contributed by atoms with Gasteiger partial charge < -0.3 is 20.3 Å². The Bertz CT molecular complexity index is 520. The maximum Gasteiger partial charge on any atom is 0.225 e. The molecule has 1 aromatic carbocycles. The second-order valence-electron chi connectivity index (χ2n) is 5.87. The number of anilines is 2. The molecule has 5 nitrogen and oxygen atoms in total. The predicted molar refractivity (Wildman–Crippen MR) is 83.5 cm³/mol. The number of carbonyl (C=O) groups excluding carboxylic acids is 1. The molecule has 1 aliphatic heterocycles. The van der Waals surface area contributed by atoms with Crippen LogP contribution in [0.2, 0.25) is 0 Å². The molecule has 1 amide bonds. The van der Waals surface area contributed by atoms with Crippen molar-refractivity contribution in [3.63, 3.8) is 0 Å². The molecule has 0 aromatic heterocycles. The van der Waals surface area contributed by atoms with Gasteiger partial charge in [0.25, 0.3) is 0 Å². The summed E-state index contributed by atoms with van der Waals surface area (Å²) in [6.07, 6.45) is 3.35. The summed E-state index contributed by atoms with van der Waals surface area (Å²) in [5.74, 6) is 1.47. The second kappa shape index (κ2) is 5.84. The highest BCUT2D eigenvalue weighted by Gasteiger charge is 2.31. The molecule has 2 fully saturated rings. The average Bonchev–Trinajstić information content (AvgIpc) is 2.45. The molecular weight excluding hydrogens is 266 g/mol. The zero-order chi connectivity index (χ0) is 14.8. The summed E-state index contributed by atoms with van der Waals surface area (Å²) in [5.41, 5.74) is 7.64. The molecule has 3 rings (SSSR count). The quantitative estimate of drug-likeness (QED) is 0.861. The van der Waals surface area contributed by atoms with Crippen LogP contribution >= 0.6 is 0 Å². The Balaban J connectivity index is 1.65. The minimum Gasteiger partial charge on any atom is -0.495 e. The molecule has 1 aliphatic carbocycles. The Morgan fingerprint density at radius 2 is 1.95 bits per heavy atom. The van der Waals surface area contributed by atoms with Crippen molar-refractivity contribution in [2.75, 3.05) is 43.9 Å². The van der Waals surface area contributed by atoms with Crippen LogP contribution in [-0.2, 0) is 4.79 Å². The van der Waals surface area contributed by atoms with E-state index in [1.165, 1.54) is 6.42 Å². The maximum atomic E-state index is 12.3. The smallest absolute Gasteiger partial charge is 0.225 e. The lowest BCUT2D eigenvalue weighted by atomic mass is 9.84. The lowest BCUT2D eigenvalue weighted by molar-refractivity contribution is -0.138. The van der Waals surface area contributed by atoms with Gasteiger partial charge in [0.2, 0.25) is 5.91 Å². The molecule has 1 heterocycles. The monoisotopic (exact) mass is 289 g/mol. The van der Waals surface area contributed by atoms with Crippen LogP contribution in [0.4, 0.5) is 11.4 Å². The van der Waals surface area contributed by atoms with E-state index in [2.05, 4.69) is 4.90 Å². The third-order valence-electron chi connectivity index (χ3n) is 4.59. The third kappa shape index (κ3) is 2.77. The molecule has 0 atom stereocenters. The van der Waals surface area contributed by atoms with Gasteiger partial charge in [-0.25, -0.2) is 0 Å². The van der Waals surface area contributed by atoms with Gasteiger partial charge in [-0.2, -0.15) is 0 Å². The highest BCUT2D eigenvalue weighted by Crippen LogP contribution is 2.32. The van der Waals surface area contributed by atoms with Crippen molar-refractivity contribution in [2.24, 2.45) is 5.92 Å². The number of amides is 1. The molecule has 0 bridgehead atoms. The predicted octanol–water partition coefficient (Wildman–Crippen LogP) is 1.73. The van der Waals surface area contributed by atoms with Crippen LogP contribution < -0.4 is 15.4 Å². The molecular formula is C16H23N3O2. The number of nitrogens with two attached hydrogens (primary N) is 1. The molecule has 2 aliphatic rings. The number of piperazine rings is 1. The summed E-state index contributed by atoms with van der Waals surface area (Å²) in [7, 11) is 1.67. The average molecular weight is 289 g/mol. The van der Waals surface area contributed by atoms with Crippen LogP contribution in [0.3, 0.4) is 0 Å². The van der Waals surface area contributed by atoms with Gasteiger partial charge in [0, 0.05) is 37.8 Å². The molecule has 0 radical (unpaired) electrons. The fourth-order valence-electron chi connectivity index (χ4n) is 3.04. The minimum atomic E-state index is 0.290. The maximum absolute atomic E-state index is 12.3. The summed E-state index contributed by atoms with van der Waals surface area (Å²) < 4.78 is 5.41. The van der Waals surface area contributed by atoms with E-state index >= 15 is 0 Å². The van der Waals surface area contributed by atoms with Crippen LogP contribution in [0.5, 0.6) is 5.75 Å². The first kappa shape index (κ1) is 14.0. The van der Waals surface area contributed by atoms with E-state index in [0.717, 1.165) is 56.1 Å². The molecule has 0 unspecified atom stereocenters. The Hall–Kier alpha value is -1.91. The van der Waals surface area contributed by atoms with E-state index in [-0.39, 0.29) is 0 Å². The standard InChI is InChI=1S/C16H23N3O2/c1-21-15-6-5-13(17)11-14(15)18-7-9-19(10-8-18)16(20)12-3-2-4-12/h5-6,11-12H,2-4,7-10,17H2,1H3. The summed E-state index contributed by atoms with van der Waals surface area (Å²) >= 11 is 0. The van der Waals surface area contributed by atoms with Crippen molar-refractivity contribution in [2.45, 2.75) is 19.3 Å². The van der Waals surface area contributed by atoms with E-state index < -0.39 is 0 Å². The van der Waals surface area contributed by atoms with Crippen molar-refractivity contribution < 1.29 is 9.53 Å². The van der Waals surface area contributed by atoms with Gasteiger partial charge in [-0.3, -0.25) is 4.79 Å². The van der Waals surface area contributed by atoms with Gasteiger partial charge in [-0.15, -0.1) is 0 Å². The fourth-order valence-corrected chi connectivity index (χ4v) is 3.04. The van der Waals surface area contributed by atoms with Crippen molar-refractivity contribution in [1.82, 2.24) is 4.90 Å². The first-order valence-electron chi connectivity index (χ1n) is 7.66. The van der Waals surface area contributed by atoms with E-state index in [1.54, 1.807) is 7.11 Å². The van der Waals surface area contributed by atoms with E-state index in [9.17, 15) is 4.79 Å². The lowest BCUT2D eigenvalue weighted by Crippen LogP contribution is -2.51. The van der Waals surface area contributed by atoms with Gasteiger partial charge in [-0.05, 0) is 31.0 Å². The second-order valence-corrected chi connectivity index (χ2v) is 5.87. The number of ether oxygens (including phenoxy) is 1. The zero-order valence-corrected chi connectivity index (χ0v) is 12.5. The summed E-state index contributed by atoms with van der Waals surface area (Å²) in [6.45, 7) is 3.23. The molecule has 0 spiro atoms. The molecule has 2 N–H and O–H groups in total. The van der Waals surface area contributed by atoms with Crippen molar-refractivity contribution in [3.05, 3.63) is 18.2 Å². The van der Waals surface area contributed by atoms with E-state index in [0.29, 0.717) is 11.8 Å². The fraction of sp³-hybridized carbons (Fsp3) is 0.562. The van der Waals surface area contributed by atoms with Crippen LogP contribution in [0.1, 0.15) is 19.3 Å². The van der Waals surface area contributed by atoms with Gasteiger partial charge in [0.15, 0.2) is 0 Å². The highest BCUT2D eigenvalue weighted by molar-refractivity contribution is 5.80. The molecule has 1 saturated heterocycles. The Morgan fingerprint density at radius 3 is 2.52 bits per heavy atom. The first-order valence-corrected chi connectivity index (χ1v) is 7.66. The van der Waals surface area contributed by atoms with Crippen LogP contribution in [-0.4, -0.2) is 44.1 Å². The van der Waals surface area contributed by atoms with Gasteiger partial charge in [-0.1, -0.05) is 6.42 Å². The topological polar surface area (TPSA) is 58.8 Å². The molecule has 5 heteroatoms. The number of hydrogen-bond donors (Lipinski definition) is 1. The van der Waals surface area contributed by atoms with Crippen molar-refractivity contribution in [1.29, 1.82) is 0 Å². The summed E-state index contributed by atoms with van der Waals surface area (Å²) in [6, 6.07) is 5.69. The van der Waals surface area contributed by atoms with Crippen LogP contribution in [0.25, 0.3) is 0 Å². The van der Waals surface area contributed by atoms with Gasteiger partial charge >= 0.3 is 0 Å². The lowest BCUT2D eigenvalue weighted by Gasteiger charge is -2.39. The Morgan fingerprint density at radius 1 is 1.24 bits per heavy atom. The van der Waals surface area contributed by atoms with Crippen molar-refractivity contribution in [3.8, 4) is 5.75 Å². The third-order valence-corrected chi connectivity index (χ3v) is 4.59.